The Bertz CT molecular complexity index is 1050. The summed E-state index contributed by atoms with van der Waals surface area (Å²) in [5, 5.41) is 8.34. The van der Waals surface area contributed by atoms with Gasteiger partial charge in [-0.3, -0.25) is 9.48 Å². The number of hydrogen-bond donors (Lipinski definition) is 1. The molecule has 4 rings (SSSR count). The maximum absolute atomic E-state index is 12.7. The predicted octanol–water partition coefficient (Wildman–Crippen LogP) is 4.99. The van der Waals surface area contributed by atoms with Gasteiger partial charge < -0.3 is 10.1 Å². The van der Waals surface area contributed by atoms with Gasteiger partial charge in [0.15, 0.2) is 5.75 Å². The van der Waals surface area contributed by atoms with Crippen molar-refractivity contribution in [1.29, 1.82) is 0 Å². The molecule has 0 aliphatic carbocycles. The van der Waals surface area contributed by atoms with E-state index in [2.05, 4.69) is 10.4 Å². The Morgan fingerprint density at radius 1 is 1.12 bits per heavy atom. The molecular formula is C20H17N3O2S. The molecule has 0 fully saturated rings. The molecular weight excluding hydrogens is 346 g/mol. The highest BCUT2D eigenvalue weighted by molar-refractivity contribution is 7.20. The summed E-state index contributed by atoms with van der Waals surface area (Å²) in [6.45, 7) is 1.94. The minimum atomic E-state index is -0.158. The summed E-state index contributed by atoms with van der Waals surface area (Å²) in [6, 6.07) is 18.8. The fourth-order valence-corrected chi connectivity index (χ4v) is 3.79. The van der Waals surface area contributed by atoms with Gasteiger partial charge in [-0.1, -0.05) is 30.3 Å². The number of aryl methyl sites for hydroxylation is 2. The van der Waals surface area contributed by atoms with Gasteiger partial charge in [0.2, 0.25) is 0 Å². The first-order valence-electron chi connectivity index (χ1n) is 8.18. The van der Waals surface area contributed by atoms with Gasteiger partial charge in [-0.2, -0.15) is 5.10 Å². The standard InChI is InChI=1S/C20H17N3O2S/c1-13-15-12-18(26-20(15)23(2)22-13)19(24)21-16-10-6-7-11-17(16)25-14-8-4-3-5-9-14/h3-12H,1-2H3,(H,21,24). The van der Waals surface area contributed by atoms with Crippen molar-refractivity contribution in [3.8, 4) is 11.5 Å². The number of carbonyl (C=O) groups is 1. The number of benzene rings is 2. The summed E-state index contributed by atoms with van der Waals surface area (Å²) in [4.78, 5) is 14.4. The lowest BCUT2D eigenvalue weighted by molar-refractivity contribution is 0.103. The number of aromatic nitrogens is 2. The smallest absolute Gasteiger partial charge is 0.265 e. The van der Waals surface area contributed by atoms with Crippen molar-refractivity contribution < 1.29 is 9.53 Å². The number of hydrogen-bond acceptors (Lipinski definition) is 4. The van der Waals surface area contributed by atoms with Crippen molar-refractivity contribution >= 4 is 33.1 Å². The van der Waals surface area contributed by atoms with Crippen LogP contribution < -0.4 is 10.1 Å². The van der Waals surface area contributed by atoms with Crippen LogP contribution in [0.1, 0.15) is 15.4 Å². The monoisotopic (exact) mass is 363 g/mol. The maximum Gasteiger partial charge on any atom is 0.265 e. The van der Waals surface area contributed by atoms with E-state index < -0.39 is 0 Å². The SMILES string of the molecule is Cc1nn(C)c2sc(C(=O)Nc3ccccc3Oc3ccccc3)cc12. The topological polar surface area (TPSA) is 56.2 Å². The van der Waals surface area contributed by atoms with Crippen molar-refractivity contribution in [2.45, 2.75) is 6.92 Å². The van der Waals surface area contributed by atoms with Gasteiger partial charge in [-0.15, -0.1) is 11.3 Å². The number of nitrogens with zero attached hydrogens (tertiary/aromatic N) is 2. The average Bonchev–Trinajstić information content (AvgIpc) is 3.19. The molecule has 2 aromatic heterocycles. The van der Waals surface area contributed by atoms with Crippen molar-refractivity contribution in [3.05, 3.63) is 71.2 Å². The highest BCUT2D eigenvalue weighted by atomic mass is 32.1. The minimum Gasteiger partial charge on any atom is -0.455 e. The Morgan fingerprint density at radius 3 is 2.62 bits per heavy atom. The third-order valence-corrected chi connectivity index (χ3v) is 5.23. The summed E-state index contributed by atoms with van der Waals surface area (Å²) in [7, 11) is 1.89. The van der Waals surface area contributed by atoms with Crippen LogP contribution in [-0.4, -0.2) is 15.7 Å². The van der Waals surface area contributed by atoms with E-state index in [1.54, 1.807) is 4.68 Å². The van der Waals surface area contributed by atoms with Crippen molar-refractivity contribution in [1.82, 2.24) is 9.78 Å². The predicted molar refractivity (Wildman–Crippen MR) is 104 cm³/mol. The largest absolute Gasteiger partial charge is 0.455 e. The molecule has 26 heavy (non-hydrogen) atoms. The second-order valence-corrected chi connectivity index (χ2v) is 6.93. The molecule has 130 valence electrons. The number of fused-ring (bicyclic) bond motifs is 1. The van der Waals surface area contributed by atoms with Crippen molar-refractivity contribution in [2.75, 3.05) is 5.32 Å². The van der Waals surface area contributed by atoms with Crippen LogP contribution in [0.5, 0.6) is 11.5 Å². The zero-order chi connectivity index (χ0) is 18.1. The molecule has 1 amide bonds. The molecule has 0 radical (unpaired) electrons. The van der Waals surface area contributed by atoms with E-state index in [1.807, 2.05) is 74.6 Å². The van der Waals surface area contributed by atoms with Gasteiger partial charge in [-0.05, 0) is 37.3 Å². The highest BCUT2D eigenvalue weighted by Gasteiger charge is 2.16. The van der Waals surface area contributed by atoms with Crippen LogP contribution in [-0.2, 0) is 7.05 Å². The zero-order valence-electron chi connectivity index (χ0n) is 14.4. The molecule has 0 unspecified atom stereocenters. The van der Waals surface area contributed by atoms with Crippen LogP contribution in [0.3, 0.4) is 0 Å². The van der Waals surface area contributed by atoms with E-state index >= 15 is 0 Å². The fourth-order valence-electron chi connectivity index (χ4n) is 2.78. The zero-order valence-corrected chi connectivity index (χ0v) is 15.2. The molecule has 0 atom stereocenters. The first-order valence-corrected chi connectivity index (χ1v) is 9.00. The summed E-state index contributed by atoms with van der Waals surface area (Å²) in [5.41, 5.74) is 1.55. The van der Waals surface area contributed by atoms with Crippen LogP contribution in [0.15, 0.2) is 60.7 Å². The molecule has 0 aliphatic heterocycles. The lowest BCUT2D eigenvalue weighted by Crippen LogP contribution is -2.10. The summed E-state index contributed by atoms with van der Waals surface area (Å²) < 4.78 is 7.71. The van der Waals surface area contributed by atoms with E-state index in [4.69, 9.17) is 4.74 Å². The van der Waals surface area contributed by atoms with E-state index in [9.17, 15) is 4.79 Å². The van der Waals surface area contributed by atoms with Crippen LogP contribution in [0.2, 0.25) is 0 Å². The lowest BCUT2D eigenvalue weighted by atomic mass is 10.2. The third kappa shape index (κ3) is 3.07. The number of ether oxygens (including phenoxy) is 1. The quantitative estimate of drug-likeness (QED) is 0.556. The molecule has 6 heteroatoms. The fraction of sp³-hybridized carbons (Fsp3) is 0.100. The number of anilines is 1. The second-order valence-electron chi connectivity index (χ2n) is 5.90. The average molecular weight is 363 g/mol. The Morgan fingerprint density at radius 2 is 1.85 bits per heavy atom. The molecule has 4 aromatic rings. The van der Waals surface area contributed by atoms with Crippen LogP contribution in [0.25, 0.3) is 10.2 Å². The lowest BCUT2D eigenvalue weighted by Gasteiger charge is -2.11. The summed E-state index contributed by atoms with van der Waals surface area (Å²) >= 11 is 1.43. The van der Waals surface area contributed by atoms with E-state index in [0.717, 1.165) is 21.7 Å². The molecule has 0 bridgehead atoms. The molecule has 1 N–H and O–H groups in total. The molecule has 0 aliphatic rings. The molecule has 0 saturated heterocycles. The molecule has 0 saturated carbocycles. The number of thiophene rings is 1. The Labute approximate surface area is 154 Å². The molecule has 5 nitrogen and oxygen atoms in total. The number of carbonyl (C=O) groups excluding carboxylic acids is 1. The van der Waals surface area contributed by atoms with Crippen molar-refractivity contribution in [3.63, 3.8) is 0 Å². The molecule has 2 heterocycles. The van der Waals surface area contributed by atoms with Gasteiger partial charge in [0.25, 0.3) is 5.91 Å². The second kappa shape index (κ2) is 6.65. The number of nitrogens with one attached hydrogen (secondary N) is 1. The minimum absolute atomic E-state index is 0.158. The van der Waals surface area contributed by atoms with Gasteiger partial charge in [0.1, 0.15) is 10.6 Å². The molecule has 2 aromatic carbocycles. The van der Waals surface area contributed by atoms with Crippen LogP contribution >= 0.6 is 11.3 Å². The number of amides is 1. The summed E-state index contributed by atoms with van der Waals surface area (Å²) in [5.74, 6) is 1.17. The number of rotatable bonds is 4. The summed E-state index contributed by atoms with van der Waals surface area (Å²) in [6.07, 6.45) is 0. The van der Waals surface area contributed by atoms with Gasteiger partial charge in [0, 0.05) is 12.4 Å². The Balaban J connectivity index is 1.60. The Kier molecular flexibility index (Phi) is 4.18. The number of para-hydroxylation sites is 3. The maximum atomic E-state index is 12.7. The van der Waals surface area contributed by atoms with E-state index in [-0.39, 0.29) is 5.91 Å². The Hall–Kier alpha value is -3.12. The highest BCUT2D eigenvalue weighted by Crippen LogP contribution is 2.31. The molecule has 0 spiro atoms. The van der Waals surface area contributed by atoms with Gasteiger partial charge in [-0.25, -0.2) is 0 Å². The first kappa shape index (κ1) is 16.4. The van der Waals surface area contributed by atoms with Gasteiger partial charge in [0.05, 0.1) is 16.3 Å². The normalized spacial score (nSPS) is 10.8. The van der Waals surface area contributed by atoms with Crippen molar-refractivity contribution in [2.24, 2.45) is 7.05 Å². The van der Waals surface area contributed by atoms with Gasteiger partial charge >= 0.3 is 0 Å². The van der Waals surface area contributed by atoms with E-state index in [0.29, 0.717) is 16.3 Å². The first-order chi connectivity index (χ1) is 12.6. The van der Waals surface area contributed by atoms with Crippen LogP contribution in [0.4, 0.5) is 5.69 Å². The van der Waals surface area contributed by atoms with Crippen LogP contribution in [0, 0.1) is 6.92 Å². The third-order valence-electron chi connectivity index (χ3n) is 4.03. The van der Waals surface area contributed by atoms with E-state index in [1.165, 1.54) is 11.3 Å².